The number of ether oxygens (including phenoxy) is 4. The largest absolute Gasteiger partial charge is 0.463 e. The van der Waals surface area contributed by atoms with E-state index >= 15 is 0 Å². The van der Waals surface area contributed by atoms with Gasteiger partial charge in [-0.1, -0.05) is 5.16 Å². The summed E-state index contributed by atoms with van der Waals surface area (Å²) in [7, 11) is 1.44. The molecule has 69 heavy (non-hydrogen) atoms. The topological polar surface area (TPSA) is 420 Å². The number of nitrogens with one attached hydrogen (secondary N) is 3. The standard InChI is InChI=1S/C41H73N7O21/c1-42-25(23-50)38-36(59)37(60)39(40(61)68-38)69-41-33(45-62)35(58)34(57)26(67-41)24-66-32(56)16-15-31(55)48(65)20-8-3-6-18-44-27(51)11-13-29(53)46(63)19-7-2-5-17-43-28(52)12-14-30(54)47(64)21-9-4-10-22-49/h25-26,34-42,49-50,57-65H,2-24H2,1H3,(H,43,52)(H,44,51)/b45-33+/t25?,26-,34-,35-,36+,37+,38-,39-,40?,41-/m1/s1. The molecule has 14 N–H and O–H groups in total. The highest BCUT2D eigenvalue weighted by molar-refractivity contribution is 5.92. The number of nitrogens with zero attached hydrogens (tertiary/aromatic N) is 4. The van der Waals surface area contributed by atoms with Gasteiger partial charge < -0.3 is 75.9 Å². The molecule has 2 fully saturated rings. The van der Waals surface area contributed by atoms with Crippen molar-refractivity contribution in [2.45, 2.75) is 158 Å². The molecule has 0 aromatic rings. The second-order valence-electron chi connectivity index (χ2n) is 16.5. The van der Waals surface area contributed by atoms with E-state index in [1.165, 1.54) is 7.05 Å². The van der Waals surface area contributed by atoms with E-state index in [1.807, 2.05) is 0 Å². The van der Waals surface area contributed by atoms with Crippen molar-refractivity contribution in [2.24, 2.45) is 5.16 Å². The molecule has 0 aromatic heterocycles. The van der Waals surface area contributed by atoms with Gasteiger partial charge in [0.1, 0.15) is 55.0 Å². The lowest BCUT2D eigenvalue weighted by Gasteiger charge is -2.45. The van der Waals surface area contributed by atoms with Crippen LogP contribution in [0, 0.1) is 0 Å². The highest BCUT2D eigenvalue weighted by Crippen LogP contribution is 2.29. The summed E-state index contributed by atoms with van der Waals surface area (Å²) in [5.41, 5.74) is -0.698. The number of hydroxylamine groups is 6. The summed E-state index contributed by atoms with van der Waals surface area (Å²) >= 11 is 0. The second kappa shape index (κ2) is 33.3. The third-order valence-corrected chi connectivity index (χ3v) is 11.2. The number of hydrogen-bond donors (Lipinski definition) is 14. The number of unbranched alkanes of at least 4 members (excludes halogenated alkanes) is 6. The van der Waals surface area contributed by atoms with Crippen LogP contribution in [0.4, 0.5) is 0 Å². The Morgan fingerprint density at radius 1 is 0.652 bits per heavy atom. The zero-order chi connectivity index (χ0) is 51.5. The average molecular weight is 1000 g/mol. The predicted molar refractivity (Wildman–Crippen MR) is 231 cm³/mol. The van der Waals surface area contributed by atoms with Gasteiger partial charge in [-0.15, -0.1) is 0 Å². The van der Waals surface area contributed by atoms with Crippen molar-refractivity contribution in [3.05, 3.63) is 0 Å². The van der Waals surface area contributed by atoms with Gasteiger partial charge >= 0.3 is 5.97 Å². The Hall–Kier alpha value is -4.27. The third-order valence-electron chi connectivity index (χ3n) is 11.2. The first-order valence-corrected chi connectivity index (χ1v) is 23.0. The fourth-order valence-corrected chi connectivity index (χ4v) is 7.00. The number of carbonyl (C=O) groups excluding carboxylic acids is 6. The van der Waals surface area contributed by atoms with Crippen LogP contribution in [0.15, 0.2) is 5.16 Å². The number of rotatable bonds is 33. The number of carbonyl (C=O) groups is 6. The zero-order valence-electron chi connectivity index (χ0n) is 38.8. The van der Waals surface area contributed by atoms with E-state index in [2.05, 4.69) is 21.1 Å². The minimum atomic E-state index is -1.96. The van der Waals surface area contributed by atoms with Crippen LogP contribution < -0.4 is 16.0 Å². The Balaban J connectivity index is 1.57. The fraction of sp³-hybridized carbons (Fsp3) is 0.829. The van der Waals surface area contributed by atoms with Crippen LogP contribution in [0.25, 0.3) is 0 Å². The quantitative estimate of drug-likeness (QED) is 0.00978. The third kappa shape index (κ3) is 21.7. The molecule has 2 rings (SSSR count). The minimum Gasteiger partial charge on any atom is -0.463 e. The lowest BCUT2D eigenvalue weighted by atomic mass is 9.94. The predicted octanol–water partition coefficient (Wildman–Crippen LogP) is -4.06. The van der Waals surface area contributed by atoms with Gasteiger partial charge in [0.05, 0.1) is 19.1 Å². The van der Waals surface area contributed by atoms with Gasteiger partial charge in [-0.3, -0.25) is 44.4 Å². The van der Waals surface area contributed by atoms with Crippen LogP contribution in [-0.2, 0) is 47.7 Å². The molecule has 0 radical (unpaired) electrons. The van der Waals surface area contributed by atoms with Crippen molar-refractivity contribution in [1.29, 1.82) is 0 Å². The van der Waals surface area contributed by atoms with Crippen molar-refractivity contribution < 1.29 is 104 Å². The SMILES string of the molecule is CNC(CO)[C@H]1OC(O)[C@H](O[C@H]2O[C@H](COC(=O)CCC(=O)N(O)CCCCCNC(=O)CCC(=O)N(O)CCCCCNC(=O)CCC(=O)N(O)CCCCCO)[C@@H](O)[C@H](O)/C2=N\O)[C@@H](O)[C@@H]1O. The number of esters is 1. The maximum Gasteiger partial charge on any atom is 0.306 e. The summed E-state index contributed by atoms with van der Waals surface area (Å²) in [5, 5.41) is 123. The summed E-state index contributed by atoms with van der Waals surface area (Å²) < 4.78 is 21.4. The molecule has 10 atom stereocenters. The van der Waals surface area contributed by atoms with Crippen LogP contribution >= 0.6 is 0 Å². The van der Waals surface area contributed by atoms with Gasteiger partial charge in [0.2, 0.25) is 35.8 Å². The summed E-state index contributed by atoms with van der Waals surface area (Å²) in [6.45, 7) is -0.614. The summed E-state index contributed by atoms with van der Waals surface area (Å²) in [5.74, 6) is -3.77. The number of aliphatic hydroxyl groups is 7. The Bertz CT molecular complexity index is 1600. The summed E-state index contributed by atoms with van der Waals surface area (Å²) in [6.07, 6.45) is -12.8. The van der Waals surface area contributed by atoms with Crippen LogP contribution in [0.1, 0.15) is 96.3 Å². The first kappa shape index (κ1) is 60.9. The number of aliphatic hydroxyl groups excluding tert-OH is 7. The Morgan fingerprint density at radius 2 is 1.14 bits per heavy atom. The maximum absolute atomic E-state index is 12.4. The van der Waals surface area contributed by atoms with Crippen LogP contribution in [0.3, 0.4) is 0 Å². The highest BCUT2D eigenvalue weighted by Gasteiger charge is 2.51. The molecule has 2 heterocycles. The lowest BCUT2D eigenvalue weighted by molar-refractivity contribution is -0.325. The smallest absolute Gasteiger partial charge is 0.306 e. The normalized spacial score (nSPS) is 24.6. The number of likely N-dealkylation sites (N-methyl/N-ethyl adjacent to an activating group) is 1. The van der Waals surface area contributed by atoms with Crippen molar-refractivity contribution in [1.82, 2.24) is 31.1 Å². The Kier molecular flexibility index (Phi) is 29.4. The van der Waals surface area contributed by atoms with Crippen molar-refractivity contribution in [2.75, 3.05) is 59.6 Å². The molecule has 2 aliphatic heterocycles. The number of hydrogen-bond acceptors (Lipinski definition) is 23. The second-order valence-corrected chi connectivity index (χ2v) is 16.5. The van der Waals surface area contributed by atoms with Crippen molar-refractivity contribution in [3.63, 3.8) is 0 Å². The van der Waals surface area contributed by atoms with Crippen LogP contribution in [0.2, 0.25) is 0 Å². The molecule has 0 aromatic carbocycles. The first-order chi connectivity index (χ1) is 32.9. The molecule has 0 bridgehead atoms. The number of oxime groups is 1. The van der Waals surface area contributed by atoms with E-state index in [1.54, 1.807) is 0 Å². The van der Waals surface area contributed by atoms with Gasteiger partial charge in [-0.05, 0) is 64.8 Å². The lowest BCUT2D eigenvalue weighted by Crippen LogP contribution is -2.65. The van der Waals surface area contributed by atoms with Crippen LogP contribution in [0.5, 0.6) is 0 Å². The molecule has 0 saturated carbocycles. The highest BCUT2D eigenvalue weighted by atomic mass is 16.7. The molecule has 0 aliphatic carbocycles. The fourth-order valence-electron chi connectivity index (χ4n) is 7.00. The van der Waals surface area contributed by atoms with E-state index in [9.17, 15) is 80.2 Å². The van der Waals surface area contributed by atoms with E-state index in [0.29, 0.717) is 79.5 Å². The Morgan fingerprint density at radius 3 is 1.61 bits per heavy atom. The van der Waals surface area contributed by atoms with Crippen molar-refractivity contribution >= 4 is 41.2 Å². The molecule has 28 nitrogen and oxygen atoms in total. The average Bonchev–Trinajstić information content (AvgIpc) is 3.33. The molecular formula is C41H73N7O21. The molecule has 0 spiro atoms. The van der Waals surface area contributed by atoms with E-state index in [-0.39, 0.29) is 64.4 Å². The Labute approximate surface area is 398 Å². The van der Waals surface area contributed by atoms with E-state index in [4.69, 9.17) is 24.1 Å². The monoisotopic (exact) mass is 999 g/mol. The van der Waals surface area contributed by atoms with Gasteiger partial charge in [0.25, 0.3) is 0 Å². The van der Waals surface area contributed by atoms with Gasteiger partial charge in [-0.25, -0.2) is 15.2 Å². The number of amides is 5. The minimum absolute atomic E-state index is 0.0229. The molecule has 398 valence electrons. The molecule has 28 heteroatoms. The first-order valence-electron chi connectivity index (χ1n) is 23.0. The molecule has 5 amide bonds. The van der Waals surface area contributed by atoms with Crippen molar-refractivity contribution in [3.8, 4) is 0 Å². The van der Waals surface area contributed by atoms with Crippen LogP contribution in [-0.4, -0.2) is 234 Å². The molecule has 2 unspecified atom stereocenters. The summed E-state index contributed by atoms with van der Waals surface area (Å²) in [6, 6.07) is -0.898. The van der Waals surface area contributed by atoms with E-state index < -0.39 is 123 Å². The molecule has 2 aliphatic rings. The van der Waals surface area contributed by atoms with Gasteiger partial charge in [0.15, 0.2) is 6.29 Å². The zero-order valence-corrected chi connectivity index (χ0v) is 38.8. The van der Waals surface area contributed by atoms with Gasteiger partial charge in [-0.2, -0.15) is 0 Å². The maximum atomic E-state index is 12.4. The summed E-state index contributed by atoms with van der Waals surface area (Å²) in [4.78, 5) is 73.2. The van der Waals surface area contributed by atoms with E-state index in [0.717, 1.165) is 0 Å². The van der Waals surface area contributed by atoms with Gasteiger partial charge in [0, 0.05) is 71.4 Å². The molecule has 2 saturated heterocycles. The molecular weight excluding hydrogens is 926 g/mol.